The Morgan fingerprint density at radius 2 is 1.34 bits per heavy atom. The van der Waals surface area contributed by atoms with Crippen molar-refractivity contribution in [1.29, 1.82) is 0 Å². The molecule has 1 aromatic carbocycles. The van der Waals surface area contributed by atoms with Crippen molar-refractivity contribution < 1.29 is 8.42 Å². The maximum Gasteiger partial charge on any atom is 0.236 e. The summed E-state index contributed by atoms with van der Waals surface area (Å²) in [6, 6.07) is 9.85. The molecule has 0 aliphatic carbocycles. The van der Waals surface area contributed by atoms with Gasteiger partial charge in [0.15, 0.2) is 0 Å². The zero-order chi connectivity index (χ0) is 22.7. The van der Waals surface area contributed by atoms with Gasteiger partial charge in [0.05, 0.1) is 0 Å². The lowest BCUT2D eigenvalue weighted by Gasteiger charge is -2.36. The Labute approximate surface area is 191 Å². The summed E-state index contributed by atoms with van der Waals surface area (Å²) in [4.78, 5) is 16.1. The van der Waals surface area contributed by atoms with Gasteiger partial charge in [0.25, 0.3) is 0 Å². The van der Waals surface area contributed by atoms with Crippen molar-refractivity contribution in [3.63, 3.8) is 0 Å². The first kappa shape index (κ1) is 22.7. The van der Waals surface area contributed by atoms with Gasteiger partial charge in [-0.2, -0.15) is 4.31 Å². The minimum absolute atomic E-state index is 0.438. The van der Waals surface area contributed by atoms with Crippen LogP contribution in [-0.4, -0.2) is 87.0 Å². The molecule has 0 amide bonds. The summed E-state index contributed by atoms with van der Waals surface area (Å²) < 4.78 is 27.1. The second kappa shape index (κ2) is 9.56. The standard InChI is InChI=1S/C23H32N6O2S/c1-19-4-6-21(7-5-19)8-17-32(30,31)29-15-13-28(14-16-29)23-18-22(24-20(2)25-23)27-11-9-26(3)10-12-27/h4-8,17-18H,9-16H2,1-3H3/b17-8+. The van der Waals surface area contributed by atoms with E-state index in [-0.39, 0.29) is 0 Å². The lowest BCUT2D eigenvalue weighted by Crippen LogP contribution is -2.48. The molecule has 2 fully saturated rings. The van der Waals surface area contributed by atoms with E-state index in [1.807, 2.05) is 44.2 Å². The van der Waals surface area contributed by atoms with E-state index in [0.29, 0.717) is 26.2 Å². The molecule has 4 rings (SSSR count). The summed E-state index contributed by atoms with van der Waals surface area (Å²) in [7, 11) is -1.32. The van der Waals surface area contributed by atoms with Crippen LogP contribution in [0.5, 0.6) is 0 Å². The zero-order valence-corrected chi connectivity index (χ0v) is 19.9. The van der Waals surface area contributed by atoms with E-state index in [1.54, 1.807) is 10.4 Å². The molecule has 9 heteroatoms. The zero-order valence-electron chi connectivity index (χ0n) is 19.1. The van der Waals surface area contributed by atoms with Crippen LogP contribution in [0.3, 0.4) is 0 Å². The van der Waals surface area contributed by atoms with Gasteiger partial charge in [-0.15, -0.1) is 0 Å². The highest BCUT2D eigenvalue weighted by Crippen LogP contribution is 2.22. The summed E-state index contributed by atoms with van der Waals surface area (Å²) in [5, 5.41) is 1.31. The lowest BCUT2D eigenvalue weighted by molar-refractivity contribution is 0.312. The number of nitrogens with zero attached hydrogens (tertiary/aromatic N) is 6. The van der Waals surface area contributed by atoms with Crippen LogP contribution < -0.4 is 9.80 Å². The number of benzene rings is 1. The first-order valence-electron chi connectivity index (χ1n) is 11.1. The fraction of sp³-hybridized carbons (Fsp3) is 0.478. The number of likely N-dealkylation sites (N-methyl/N-ethyl adjacent to an activating group) is 1. The Balaban J connectivity index is 1.40. The Hall–Kier alpha value is -2.49. The largest absolute Gasteiger partial charge is 0.354 e. The predicted octanol–water partition coefficient (Wildman–Crippen LogP) is 1.97. The van der Waals surface area contributed by atoms with Gasteiger partial charge < -0.3 is 14.7 Å². The van der Waals surface area contributed by atoms with E-state index in [2.05, 4.69) is 31.7 Å². The van der Waals surface area contributed by atoms with Gasteiger partial charge in [-0.05, 0) is 32.5 Å². The summed E-state index contributed by atoms with van der Waals surface area (Å²) in [5.74, 6) is 2.57. The van der Waals surface area contributed by atoms with Gasteiger partial charge in [0, 0.05) is 63.8 Å². The molecular weight excluding hydrogens is 424 g/mol. The predicted molar refractivity (Wildman–Crippen MR) is 129 cm³/mol. The monoisotopic (exact) mass is 456 g/mol. The third-order valence-corrected chi connectivity index (χ3v) is 7.64. The van der Waals surface area contributed by atoms with Crippen LogP contribution in [0.25, 0.3) is 6.08 Å². The van der Waals surface area contributed by atoms with E-state index >= 15 is 0 Å². The number of rotatable bonds is 5. The molecule has 0 atom stereocenters. The van der Waals surface area contributed by atoms with Crippen LogP contribution >= 0.6 is 0 Å². The molecule has 172 valence electrons. The maximum absolute atomic E-state index is 12.8. The molecule has 0 bridgehead atoms. The minimum atomic E-state index is -3.46. The molecule has 0 spiro atoms. The van der Waals surface area contributed by atoms with E-state index in [9.17, 15) is 8.42 Å². The van der Waals surface area contributed by atoms with Gasteiger partial charge in [0.2, 0.25) is 10.0 Å². The van der Waals surface area contributed by atoms with Gasteiger partial charge >= 0.3 is 0 Å². The molecule has 0 radical (unpaired) electrons. The number of piperazine rings is 2. The molecule has 3 heterocycles. The highest BCUT2D eigenvalue weighted by Gasteiger charge is 2.26. The Kier molecular flexibility index (Phi) is 6.78. The molecule has 2 aromatic rings. The SMILES string of the molecule is Cc1ccc(/C=C/S(=O)(=O)N2CCN(c3cc(N4CCN(C)CC4)nc(C)n3)CC2)cc1. The fourth-order valence-corrected chi connectivity index (χ4v) is 5.17. The maximum atomic E-state index is 12.8. The van der Waals surface area contributed by atoms with Crippen molar-refractivity contribution in [3.05, 3.63) is 52.7 Å². The van der Waals surface area contributed by atoms with Gasteiger partial charge in [0.1, 0.15) is 17.5 Å². The summed E-state index contributed by atoms with van der Waals surface area (Å²) in [6.07, 6.45) is 1.66. The number of aromatic nitrogens is 2. The molecular formula is C23H32N6O2S. The van der Waals surface area contributed by atoms with E-state index in [4.69, 9.17) is 0 Å². The van der Waals surface area contributed by atoms with Gasteiger partial charge in [-0.3, -0.25) is 0 Å². The second-order valence-electron chi connectivity index (χ2n) is 8.57. The normalized spacial score (nSPS) is 19.1. The third kappa shape index (κ3) is 5.46. The van der Waals surface area contributed by atoms with E-state index in [1.165, 1.54) is 5.41 Å². The molecule has 1 aromatic heterocycles. The molecule has 8 nitrogen and oxygen atoms in total. The molecule has 2 aliphatic heterocycles. The van der Waals surface area contributed by atoms with Gasteiger partial charge in [-0.1, -0.05) is 29.8 Å². The van der Waals surface area contributed by atoms with Crippen LogP contribution in [0.15, 0.2) is 35.7 Å². The van der Waals surface area contributed by atoms with Crippen molar-refractivity contribution in [2.75, 3.05) is 69.2 Å². The molecule has 2 aliphatic rings. The van der Waals surface area contributed by atoms with Crippen LogP contribution in [0, 0.1) is 13.8 Å². The summed E-state index contributed by atoms with van der Waals surface area (Å²) in [5.41, 5.74) is 2.03. The minimum Gasteiger partial charge on any atom is -0.354 e. The number of hydrogen-bond acceptors (Lipinski definition) is 7. The van der Waals surface area contributed by atoms with Crippen molar-refractivity contribution in [2.45, 2.75) is 13.8 Å². The Morgan fingerprint density at radius 3 is 1.91 bits per heavy atom. The molecule has 0 unspecified atom stereocenters. The van der Waals surface area contributed by atoms with Crippen LogP contribution in [0.4, 0.5) is 11.6 Å². The smallest absolute Gasteiger partial charge is 0.236 e. The molecule has 32 heavy (non-hydrogen) atoms. The molecule has 0 N–H and O–H groups in total. The number of anilines is 2. The lowest BCUT2D eigenvalue weighted by atomic mass is 10.2. The van der Waals surface area contributed by atoms with Crippen molar-refractivity contribution in [3.8, 4) is 0 Å². The topological polar surface area (TPSA) is 72.9 Å². The highest BCUT2D eigenvalue weighted by atomic mass is 32.2. The van der Waals surface area contributed by atoms with E-state index in [0.717, 1.165) is 54.8 Å². The van der Waals surface area contributed by atoms with Crippen molar-refractivity contribution >= 4 is 27.7 Å². The first-order valence-corrected chi connectivity index (χ1v) is 12.6. The average Bonchev–Trinajstić information content (AvgIpc) is 2.79. The molecule has 0 saturated carbocycles. The fourth-order valence-electron chi connectivity index (χ4n) is 4.00. The second-order valence-corrected chi connectivity index (χ2v) is 10.4. The number of aryl methyl sites for hydroxylation is 2. The number of hydrogen-bond donors (Lipinski definition) is 0. The Bertz CT molecular complexity index is 1050. The van der Waals surface area contributed by atoms with Crippen LogP contribution in [0.1, 0.15) is 17.0 Å². The van der Waals surface area contributed by atoms with Crippen molar-refractivity contribution in [2.24, 2.45) is 0 Å². The summed E-state index contributed by atoms with van der Waals surface area (Å²) >= 11 is 0. The number of sulfonamides is 1. The highest BCUT2D eigenvalue weighted by molar-refractivity contribution is 7.92. The first-order chi connectivity index (χ1) is 15.3. The van der Waals surface area contributed by atoms with E-state index < -0.39 is 10.0 Å². The third-order valence-electron chi connectivity index (χ3n) is 6.07. The van der Waals surface area contributed by atoms with Crippen LogP contribution in [-0.2, 0) is 10.0 Å². The van der Waals surface area contributed by atoms with Crippen LogP contribution in [0.2, 0.25) is 0 Å². The quantitative estimate of drug-likeness (QED) is 0.681. The average molecular weight is 457 g/mol. The summed E-state index contributed by atoms with van der Waals surface area (Å²) in [6.45, 7) is 9.96. The van der Waals surface area contributed by atoms with Crippen molar-refractivity contribution in [1.82, 2.24) is 19.2 Å². The Morgan fingerprint density at radius 1 is 0.812 bits per heavy atom. The van der Waals surface area contributed by atoms with Gasteiger partial charge in [-0.25, -0.2) is 18.4 Å². The molecule has 2 saturated heterocycles.